The first-order valence-electron chi connectivity index (χ1n) is 7.79. The van der Waals surface area contributed by atoms with Crippen LogP contribution in [0.1, 0.15) is 42.4 Å². The van der Waals surface area contributed by atoms with Gasteiger partial charge in [0.2, 0.25) is 0 Å². The van der Waals surface area contributed by atoms with Gasteiger partial charge in [-0.25, -0.2) is 4.98 Å². The molecule has 2 aromatic rings. The summed E-state index contributed by atoms with van der Waals surface area (Å²) in [7, 11) is 0. The van der Waals surface area contributed by atoms with Gasteiger partial charge in [-0.2, -0.15) is 0 Å². The van der Waals surface area contributed by atoms with Crippen molar-refractivity contribution in [2.45, 2.75) is 39.3 Å². The zero-order valence-electron chi connectivity index (χ0n) is 13.3. The molecule has 0 bridgehead atoms. The molecule has 0 radical (unpaired) electrons. The van der Waals surface area contributed by atoms with Crippen molar-refractivity contribution in [1.82, 2.24) is 14.9 Å². The molecule has 0 fully saturated rings. The van der Waals surface area contributed by atoms with Crippen molar-refractivity contribution in [3.8, 4) is 11.5 Å². The van der Waals surface area contributed by atoms with Crippen molar-refractivity contribution >= 4 is 0 Å². The topological polar surface area (TPSA) is 89.5 Å². The number of hydrogen-bond donors (Lipinski definition) is 3. The van der Waals surface area contributed by atoms with Crippen LogP contribution in [0.25, 0.3) is 0 Å². The predicted octanol–water partition coefficient (Wildman–Crippen LogP) is 1.86. The van der Waals surface area contributed by atoms with E-state index >= 15 is 0 Å². The summed E-state index contributed by atoms with van der Waals surface area (Å²) in [5.74, 6) is 1.01. The summed E-state index contributed by atoms with van der Waals surface area (Å²) in [5.41, 5.74) is 2.30. The minimum absolute atomic E-state index is 0.0363. The molecule has 0 atom stereocenters. The zero-order chi connectivity index (χ0) is 16.6. The van der Waals surface area contributed by atoms with E-state index in [2.05, 4.69) is 14.9 Å². The molecule has 0 saturated carbocycles. The Kier molecular flexibility index (Phi) is 4.09. The van der Waals surface area contributed by atoms with Crippen LogP contribution < -0.4 is 5.56 Å². The Morgan fingerprint density at radius 1 is 1.35 bits per heavy atom. The van der Waals surface area contributed by atoms with Crippen LogP contribution in [-0.2, 0) is 19.5 Å². The minimum atomic E-state index is -0.0363. The number of hydrogen-bond acceptors (Lipinski definition) is 5. The summed E-state index contributed by atoms with van der Waals surface area (Å²) in [4.78, 5) is 21.8. The van der Waals surface area contributed by atoms with Gasteiger partial charge in [-0.05, 0) is 12.5 Å². The van der Waals surface area contributed by atoms with Crippen molar-refractivity contribution in [3.05, 3.63) is 51.2 Å². The smallest absolute Gasteiger partial charge is 0.254 e. The lowest BCUT2D eigenvalue weighted by Crippen LogP contribution is -2.35. The van der Waals surface area contributed by atoms with Crippen LogP contribution in [-0.4, -0.2) is 31.6 Å². The summed E-state index contributed by atoms with van der Waals surface area (Å²) < 4.78 is 0. The van der Waals surface area contributed by atoms with Gasteiger partial charge in [0.25, 0.3) is 5.56 Å². The number of H-pyrrole nitrogens is 1. The minimum Gasteiger partial charge on any atom is -0.508 e. The van der Waals surface area contributed by atoms with Crippen LogP contribution >= 0.6 is 0 Å². The number of phenols is 2. The maximum Gasteiger partial charge on any atom is 0.254 e. The van der Waals surface area contributed by atoms with E-state index in [1.165, 1.54) is 6.07 Å². The van der Waals surface area contributed by atoms with Crippen LogP contribution in [0.2, 0.25) is 0 Å². The van der Waals surface area contributed by atoms with Gasteiger partial charge >= 0.3 is 0 Å². The molecule has 0 unspecified atom stereocenters. The van der Waals surface area contributed by atoms with Crippen molar-refractivity contribution in [2.75, 3.05) is 6.54 Å². The van der Waals surface area contributed by atoms with Crippen molar-refractivity contribution in [1.29, 1.82) is 0 Å². The zero-order valence-corrected chi connectivity index (χ0v) is 13.3. The fourth-order valence-electron chi connectivity index (χ4n) is 2.85. The maximum atomic E-state index is 12.2. The molecule has 1 aromatic heterocycles. The molecular weight excluding hydrogens is 294 g/mol. The molecule has 6 heteroatoms. The first-order chi connectivity index (χ1) is 10.9. The number of aromatic nitrogens is 2. The molecule has 3 rings (SSSR count). The fourth-order valence-corrected chi connectivity index (χ4v) is 2.85. The molecular formula is C17H21N3O3. The molecule has 2 heterocycles. The molecule has 3 N–H and O–H groups in total. The van der Waals surface area contributed by atoms with Gasteiger partial charge < -0.3 is 15.2 Å². The van der Waals surface area contributed by atoms with Gasteiger partial charge in [0.1, 0.15) is 17.3 Å². The van der Waals surface area contributed by atoms with Crippen LogP contribution in [0, 0.1) is 0 Å². The summed E-state index contributed by atoms with van der Waals surface area (Å²) in [6.45, 7) is 5.87. The van der Waals surface area contributed by atoms with Gasteiger partial charge in [0.05, 0.1) is 5.69 Å². The Balaban J connectivity index is 1.83. The van der Waals surface area contributed by atoms with E-state index in [4.69, 9.17) is 0 Å². The Morgan fingerprint density at radius 2 is 2.13 bits per heavy atom. The number of phenolic OH excluding ortho intramolecular Hbond substituents is 2. The van der Waals surface area contributed by atoms with Gasteiger partial charge in [-0.15, -0.1) is 0 Å². The third kappa shape index (κ3) is 3.22. The van der Waals surface area contributed by atoms with E-state index in [0.717, 1.165) is 23.4 Å². The average Bonchev–Trinajstić information content (AvgIpc) is 2.49. The highest BCUT2D eigenvalue weighted by molar-refractivity contribution is 5.39. The summed E-state index contributed by atoms with van der Waals surface area (Å²) >= 11 is 0. The summed E-state index contributed by atoms with van der Waals surface area (Å²) in [5, 5.41) is 19.3. The molecule has 0 amide bonds. The monoisotopic (exact) mass is 315 g/mol. The molecule has 6 nitrogen and oxygen atoms in total. The van der Waals surface area contributed by atoms with E-state index in [1.807, 2.05) is 13.8 Å². The van der Waals surface area contributed by atoms with Crippen molar-refractivity contribution < 1.29 is 10.2 Å². The second kappa shape index (κ2) is 6.04. The Hall–Kier alpha value is -2.34. The fraction of sp³-hybridized carbons (Fsp3) is 0.412. The van der Waals surface area contributed by atoms with Crippen molar-refractivity contribution in [3.63, 3.8) is 0 Å². The highest BCUT2D eigenvalue weighted by atomic mass is 16.3. The third-order valence-corrected chi connectivity index (χ3v) is 4.18. The molecule has 23 heavy (non-hydrogen) atoms. The molecule has 0 saturated heterocycles. The Bertz CT molecular complexity index is 783. The van der Waals surface area contributed by atoms with Crippen molar-refractivity contribution in [2.24, 2.45) is 0 Å². The van der Waals surface area contributed by atoms with E-state index in [0.29, 0.717) is 25.3 Å². The molecule has 122 valence electrons. The first-order valence-corrected chi connectivity index (χ1v) is 7.79. The van der Waals surface area contributed by atoms with E-state index in [-0.39, 0.29) is 23.0 Å². The lowest BCUT2D eigenvalue weighted by molar-refractivity contribution is 0.236. The number of nitrogens with one attached hydrogen (secondary N) is 1. The number of aromatic hydroxyl groups is 2. The largest absolute Gasteiger partial charge is 0.508 e. The summed E-state index contributed by atoms with van der Waals surface area (Å²) in [6, 6.07) is 4.62. The summed E-state index contributed by atoms with van der Waals surface area (Å²) in [6.07, 6.45) is 0.648. The highest BCUT2D eigenvalue weighted by Crippen LogP contribution is 2.25. The Labute approximate surface area is 134 Å². The van der Waals surface area contributed by atoms with Gasteiger partial charge in [-0.1, -0.05) is 19.9 Å². The van der Waals surface area contributed by atoms with Gasteiger partial charge in [0.15, 0.2) is 0 Å². The molecule has 0 aliphatic carbocycles. The number of nitrogens with zero attached hydrogens (tertiary/aromatic N) is 2. The van der Waals surface area contributed by atoms with E-state index in [9.17, 15) is 15.0 Å². The van der Waals surface area contributed by atoms with Crippen LogP contribution in [0.15, 0.2) is 23.0 Å². The van der Waals surface area contributed by atoms with E-state index in [1.54, 1.807) is 12.1 Å². The third-order valence-electron chi connectivity index (χ3n) is 4.18. The number of benzene rings is 1. The predicted molar refractivity (Wildman–Crippen MR) is 86.5 cm³/mol. The van der Waals surface area contributed by atoms with Crippen LogP contribution in [0.4, 0.5) is 0 Å². The quantitative estimate of drug-likeness (QED) is 0.804. The van der Waals surface area contributed by atoms with E-state index < -0.39 is 0 Å². The lowest BCUT2D eigenvalue weighted by Gasteiger charge is -2.28. The number of rotatable bonds is 3. The first kappa shape index (κ1) is 15.6. The molecule has 0 spiro atoms. The van der Waals surface area contributed by atoms with Crippen LogP contribution in [0.5, 0.6) is 11.5 Å². The standard InChI is InChI=1S/C17H21N3O3/c1-10(2)16-18-14-9-20(6-5-13(14)17(23)19-16)8-11-3-4-12(21)7-15(11)22/h3-4,7,10,21-22H,5-6,8-9H2,1-2H3,(H,18,19,23). The average molecular weight is 315 g/mol. The lowest BCUT2D eigenvalue weighted by atomic mass is 10.0. The SMILES string of the molecule is CC(C)c1nc2c(c(=O)[nH]1)CCN(Cc1ccc(O)cc1O)C2. The second-order valence-corrected chi connectivity index (χ2v) is 6.30. The number of aromatic amines is 1. The molecule has 1 aliphatic rings. The Morgan fingerprint density at radius 3 is 2.83 bits per heavy atom. The highest BCUT2D eigenvalue weighted by Gasteiger charge is 2.22. The maximum absolute atomic E-state index is 12.2. The molecule has 1 aliphatic heterocycles. The van der Waals surface area contributed by atoms with Crippen LogP contribution in [0.3, 0.4) is 0 Å². The van der Waals surface area contributed by atoms with Gasteiger partial charge in [0, 0.05) is 42.7 Å². The molecule has 1 aromatic carbocycles. The normalized spacial score (nSPS) is 14.9. The number of fused-ring (bicyclic) bond motifs is 1. The van der Waals surface area contributed by atoms with Gasteiger partial charge in [-0.3, -0.25) is 9.69 Å². The second-order valence-electron chi connectivity index (χ2n) is 6.30.